The number of nitrogens with one attached hydrogen (secondary N) is 1. The van der Waals surface area contributed by atoms with Crippen LogP contribution in [0.4, 0.5) is 11.5 Å². The summed E-state index contributed by atoms with van der Waals surface area (Å²) in [6.07, 6.45) is 2.94. The van der Waals surface area contributed by atoms with Crippen molar-refractivity contribution in [1.29, 1.82) is 0 Å². The second-order valence-corrected chi connectivity index (χ2v) is 5.98. The highest BCUT2D eigenvalue weighted by Gasteiger charge is 2.16. The molecule has 0 saturated carbocycles. The van der Waals surface area contributed by atoms with Crippen LogP contribution in [0.2, 0.25) is 0 Å². The second-order valence-electron chi connectivity index (χ2n) is 5.98. The van der Waals surface area contributed by atoms with E-state index in [1.807, 2.05) is 24.5 Å². The third-order valence-corrected chi connectivity index (χ3v) is 4.20. The fourth-order valence-electron chi connectivity index (χ4n) is 2.93. The zero-order valence-corrected chi connectivity index (χ0v) is 15.2. The van der Waals surface area contributed by atoms with Crippen LogP contribution in [0.5, 0.6) is 0 Å². The Kier molecular flexibility index (Phi) is 5.16. The number of aryl methyl sites for hydroxylation is 1. The van der Waals surface area contributed by atoms with Crippen molar-refractivity contribution in [2.75, 3.05) is 5.43 Å². The number of carboxylic acids is 1. The molecule has 28 heavy (non-hydrogen) atoms. The van der Waals surface area contributed by atoms with Gasteiger partial charge < -0.3 is 9.67 Å². The Bertz CT molecular complexity index is 1090. The predicted octanol–water partition coefficient (Wildman–Crippen LogP) is 3.54. The average Bonchev–Trinajstić information content (AvgIpc) is 2.95. The van der Waals surface area contributed by atoms with Gasteiger partial charge >= 0.3 is 11.7 Å². The number of carboxylic acid groups (broad SMARTS) is 1. The van der Waals surface area contributed by atoms with Gasteiger partial charge in [-0.15, -0.1) is 0 Å². The molecular formula is C19H17N5O4. The molecule has 0 saturated heterocycles. The van der Waals surface area contributed by atoms with E-state index in [1.165, 1.54) is 24.5 Å². The summed E-state index contributed by atoms with van der Waals surface area (Å²) >= 11 is 0. The minimum absolute atomic E-state index is 0.0359. The molecule has 0 radical (unpaired) electrons. The smallest absolute Gasteiger partial charge is 0.337 e. The van der Waals surface area contributed by atoms with Crippen LogP contribution in [-0.4, -0.2) is 31.8 Å². The Labute approximate surface area is 160 Å². The maximum absolute atomic E-state index is 11.5. The van der Waals surface area contributed by atoms with Crippen molar-refractivity contribution >= 4 is 23.7 Å². The zero-order chi connectivity index (χ0) is 20.3. The van der Waals surface area contributed by atoms with Gasteiger partial charge in [-0.1, -0.05) is 12.1 Å². The average molecular weight is 379 g/mol. The van der Waals surface area contributed by atoms with Crippen LogP contribution in [-0.2, 0) is 0 Å². The van der Waals surface area contributed by atoms with E-state index in [0.717, 1.165) is 17.0 Å². The maximum atomic E-state index is 11.5. The van der Waals surface area contributed by atoms with Crippen LogP contribution >= 0.6 is 0 Å². The molecule has 3 aromatic rings. The normalized spacial score (nSPS) is 10.9. The topological polar surface area (TPSA) is 123 Å². The molecule has 1 aromatic carbocycles. The van der Waals surface area contributed by atoms with Crippen LogP contribution in [0.3, 0.4) is 0 Å². The quantitative estimate of drug-likeness (QED) is 0.384. The molecule has 2 aromatic heterocycles. The first-order chi connectivity index (χ1) is 13.4. The zero-order valence-electron chi connectivity index (χ0n) is 15.2. The molecule has 0 aliphatic rings. The van der Waals surface area contributed by atoms with Crippen molar-refractivity contribution in [3.8, 4) is 5.69 Å². The van der Waals surface area contributed by atoms with Gasteiger partial charge in [0.2, 0.25) is 5.82 Å². The van der Waals surface area contributed by atoms with E-state index in [1.54, 1.807) is 24.3 Å². The van der Waals surface area contributed by atoms with Crippen molar-refractivity contribution in [2.45, 2.75) is 13.8 Å². The lowest BCUT2D eigenvalue weighted by molar-refractivity contribution is -0.384. The number of hydrogen-bond donors (Lipinski definition) is 2. The van der Waals surface area contributed by atoms with E-state index in [9.17, 15) is 20.0 Å². The number of rotatable bonds is 6. The fourth-order valence-corrected chi connectivity index (χ4v) is 2.93. The van der Waals surface area contributed by atoms with Gasteiger partial charge in [-0.25, -0.2) is 9.78 Å². The second kappa shape index (κ2) is 7.70. The molecule has 0 amide bonds. The van der Waals surface area contributed by atoms with Gasteiger partial charge in [-0.3, -0.25) is 15.5 Å². The summed E-state index contributed by atoms with van der Waals surface area (Å²) < 4.78 is 1.83. The Morgan fingerprint density at radius 1 is 1.29 bits per heavy atom. The lowest BCUT2D eigenvalue weighted by Gasteiger charge is -2.12. The predicted molar refractivity (Wildman–Crippen MR) is 104 cm³/mol. The third kappa shape index (κ3) is 3.58. The van der Waals surface area contributed by atoms with Gasteiger partial charge in [0.1, 0.15) is 0 Å². The number of nitrogens with zero attached hydrogens (tertiary/aromatic N) is 4. The van der Waals surface area contributed by atoms with Crippen LogP contribution < -0.4 is 5.43 Å². The molecule has 0 aliphatic heterocycles. The molecule has 142 valence electrons. The van der Waals surface area contributed by atoms with Crippen LogP contribution in [0, 0.1) is 24.0 Å². The number of anilines is 1. The molecule has 0 bridgehead atoms. The molecule has 2 heterocycles. The molecule has 0 atom stereocenters. The van der Waals surface area contributed by atoms with Crippen molar-refractivity contribution in [2.24, 2.45) is 5.10 Å². The molecule has 0 spiro atoms. The van der Waals surface area contributed by atoms with E-state index in [-0.39, 0.29) is 17.1 Å². The van der Waals surface area contributed by atoms with Crippen LogP contribution in [0.1, 0.15) is 27.3 Å². The highest BCUT2D eigenvalue weighted by atomic mass is 16.6. The standard InChI is InChI=1S/C19H17N5O4/c1-12-10-14(11-21-22-18-17(24(27)28)8-5-9-20-18)13(2)23(12)16-7-4-3-6-15(16)19(25)26/h3-11H,1-2H3,(H,20,22)(H,25,26)/b21-11-. The summed E-state index contributed by atoms with van der Waals surface area (Å²) in [6, 6.07) is 11.4. The highest BCUT2D eigenvalue weighted by Crippen LogP contribution is 2.23. The summed E-state index contributed by atoms with van der Waals surface area (Å²) in [6.45, 7) is 3.70. The van der Waals surface area contributed by atoms with Gasteiger partial charge in [0.15, 0.2) is 0 Å². The Hall–Kier alpha value is -4.01. The number of benzene rings is 1. The third-order valence-electron chi connectivity index (χ3n) is 4.20. The van der Waals surface area contributed by atoms with Crippen molar-refractivity contribution in [3.63, 3.8) is 0 Å². The number of aromatic nitrogens is 2. The summed E-state index contributed by atoms with van der Waals surface area (Å²) in [5.41, 5.74) is 5.50. The van der Waals surface area contributed by atoms with Crippen molar-refractivity contribution in [1.82, 2.24) is 9.55 Å². The highest BCUT2D eigenvalue weighted by molar-refractivity contribution is 5.92. The Balaban J connectivity index is 1.93. The number of pyridine rings is 1. The van der Waals surface area contributed by atoms with Gasteiger partial charge in [-0.05, 0) is 38.1 Å². The molecule has 9 heteroatoms. The summed E-state index contributed by atoms with van der Waals surface area (Å²) in [5, 5.41) is 24.5. The van der Waals surface area contributed by atoms with E-state index in [4.69, 9.17) is 0 Å². The van der Waals surface area contributed by atoms with Gasteiger partial charge in [0.05, 0.1) is 22.4 Å². The van der Waals surface area contributed by atoms with E-state index in [2.05, 4.69) is 15.5 Å². The number of para-hydroxylation sites is 1. The maximum Gasteiger partial charge on any atom is 0.337 e. The number of nitro groups is 1. The number of hydrogen-bond acceptors (Lipinski definition) is 6. The minimum Gasteiger partial charge on any atom is -0.478 e. The number of aromatic carboxylic acids is 1. The van der Waals surface area contributed by atoms with Crippen molar-refractivity contribution in [3.05, 3.63) is 81.3 Å². The van der Waals surface area contributed by atoms with Gasteiger partial charge in [-0.2, -0.15) is 5.10 Å². The Morgan fingerprint density at radius 3 is 2.75 bits per heavy atom. The number of hydrazone groups is 1. The van der Waals surface area contributed by atoms with E-state index >= 15 is 0 Å². The largest absolute Gasteiger partial charge is 0.478 e. The first-order valence-electron chi connectivity index (χ1n) is 8.30. The van der Waals surface area contributed by atoms with Crippen LogP contribution in [0.15, 0.2) is 53.8 Å². The monoisotopic (exact) mass is 379 g/mol. The van der Waals surface area contributed by atoms with Crippen LogP contribution in [0.25, 0.3) is 5.69 Å². The van der Waals surface area contributed by atoms with Gasteiger partial charge in [0.25, 0.3) is 0 Å². The summed E-state index contributed by atoms with van der Waals surface area (Å²) in [7, 11) is 0. The lowest BCUT2D eigenvalue weighted by atomic mass is 10.1. The lowest BCUT2D eigenvalue weighted by Crippen LogP contribution is -2.07. The van der Waals surface area contributed by atoms with E-state index in [0.29, 0.717) is 5.69 Å². The molecule has 2 N–H and O–H groups in total. The first kappa shape index (κ1) is 18.8. The molecule has 9 nitrogen and oxygen atoms in total. The number of carbonyl (C=O) groups is 1. The molecular weight excluding hydrogens is 362 g/mol. The minimum atomic E-state index is -1.01. The van der Waals surface area contributed by atoms with Crippen molar-refractivity contribution < 1.29 is 14.8 Å². The SMILES string of the molecule is Cc1cc(/C=N\Nc2ncccc2[N+](=O)[O-])c(C)n1-c1ccccc1C(=O)O. The van der Waals surface area contributed by atoms with E-state index < -0.39 is 10.9 Å². The molecule has 3 rings (SSSR count). The summed E-state index contributed by atoms with van der Waals surface area (Å²) in [5.74, 6) is -0.976. The Morgan fingerprint density at radius 2 is 2.04 bits per heavy atom. The van der Waals surface area contributed by atoms with Gasteiger partial charge in [0, 0.05) is 29.2 Å². The molecule has 0 aliphatic carbocycles. The summed E-state index contributed by atoms with van der Waals surface area (Å²) in [4.78, 5) is 25.9. The molecule has 0 unspecified atom stereocenters. The first-order valence-corrected chi connectivity index (χ1v) is 8.30. The molecule has 0 fully saturated rings. The fraction of sp³-hybridized carbons (Fsp3) is 0.105.